The van der Waals surface area contributed by atoms with Crippen LogP contribution in [0.2, 0.25) is 5.02 Å². The summed E-state index contributed by atoms with van der Waals surface area (Å²) in [7, 11) is 1.52. The van der Waals surface area contributed by atoms with Gasteiger partial charge in [0.25, 0.3) is 5.91 Å². The molecule has 1 amide bonds. The van der Waals surface area contributed by atoms with Gasteiger partial charge in [-0.15, -0.1) is 0 Å². The lowest BCUT2D eigenvalue weighted by molar-refractivity contribution is 0.0951. The Labute approximate surface area is 113 Å². The highest BCUT2D eigenvalue weighted by Crippen LogP contribution is 2.25. The van der Waals surface area contributed by atoms with Gasteiger partial charge in [0.05, 0.1) is 17.7 Å². The Morgan fingerprint density at radius 2 is 2.11 bits per heavy atom. The van der Waals surface area contributed by atoms with Crippen LogP contribution < -0.4 is 15.4 Å². The van der Waals surface area contributed by atoms with E-state index in [9.17, 15) is 4.79 Å². The van der Waals surface area contributed by atoms with Crippen LogP contribution in [0, 0.1) is 0 Å². The fraction of sp³-hybridized carbons (Fsp3) is 0.462. The molecule has 5 heteroatoms. The van der Waals surface area contributed by atoms with E-state index in [-0.39, 0.29) is 5.91 Å². The van der Waals surface area contributed by atoms with Crippen molar-refractivity contribution in [3.05, 3.63) is 28.8 Å². The molecule has 0 atom stereocenters. The molecular weight excluding hydrogens is 252 g/mol. The molecule has 0 fully saturated rings. The minimum atomic E-state index is -0.212. The zero-order valence-electron chi connectivity index (χ0n) is 10.8. The molecular formula is C13H19ClN2O2. The number of rotatable bonds is 7. The van der Waals surface area contributed by atoms with E-state index >= 15 is 0 Å². The van der Waals surface area contributed by atoms with Gasteiger partial charge in [-0.25, -0.2) is 0 Å². The first-order chi connectivity index (χ1) is 8.70. The molecule has 1 aromatic carbocycles. The molecule has 1 rings (SSSR count). The summed E-state index contributed by atoms with van der Waals surface area (Å²) in [5.41, 5.74) is 0.386. The van der Waals surface area contributed by atoms with E-state index in [1.807, 2.05) is 0 Å². The third kappa shape index (κ3) is 4.20. The topological polar surface area (TPSA) is 50.4 Å². The van der Waals surface area contributed by atoms with Crippen LogP contribution in [0.4, 0.5) is 0 Å². The van der Waals surface area contributed by atoms with E-state index in [0.29, 0.717) is 22.9 Å². The third-order valence-corrected chi connectivity index (χ3v) is 2.75. The smallest absolute Gasteiger partial charge is 0.256 e. The van der Waals surface area contributed by atoms with Gasteiger partial charge in [-0.3, -0.25) is 4.79 Å². The number of benzene rings is 1. The number of ether oxygens (including phenoxy) is 1. The molecule has 18 heavy (non-hydrogen) atoms. The van der Waals surface area contributed by atoms with Crippen molar-refractivity contribution in [1.29, 1.82) is 0 Å². The highest BCUT2D eigenvalue weighted by molar-refractivity contribution is 6.34. The van der Waals surface area contributed by atoms with Gasteiger partial charge in [0, 0.05) is 13.1 Å². The fourth-order valence-electron chi connectivity index (χ4n) is 1.55. The predicted octanol–water partition coefficient (Wildman–Crippen LogP) is 2.08. The fourth-order valence-corrected chi connectivity index (χ4v) is 1.80. The van der Waals surface area contributed by atoms with E-state index < -0.39 is 0 Å². The largest absolute Gasteiger partial charge is 0.496 e. The van der Waals surface area contributed by atoms with Gasteiger partial charge in [-0.05, 0) is 25.1 Å². The van der Waals surface area contributed by atoms with E-state index in [4.69, 9.17) is 16.3 Å². The second-order valence-corrected chi connectivity index (χ2v) is 4.23. The summed E-state index contributed by atoms with van der Waals surface area (Å²) < 4.78 is 5.13. The molecule has 100 valence electrons. The number of nitrogens with one attached hydrogen (secondary N) is 2. The molecule has 0 heterocycles. The summed E-state index contributed by atoms with van der Waals surface area (Å²) in [6.45, 7) is 4.35. The van der Waals surface area contributed by atoms with Crippen molar-refractivity contribution in [2.45, 2.75) is 13.3 Å². The Kier molecular flexibility index (Phi) is 6.54. The van der Waals surface area contributed by atoms with E-state index in [0.717, 1.165) is 19.5 Å². The maximum Gasteiger partial charge on any atom is 0.256 e. The van der Waals surface area contributed by atoms with Gasteiger partial charge in [0.1, 0.15) is 5.75 Å². The summed E-state index contributed by atoms with van der Waals surface area (Å²) >= 11 is 6.01. The average Bonchev–Trinajstić information content (AvgIpc) is 2.37. The van der Waals surface area contributed by atoms with Crippen molar-refractivity contribution in [1.82, 2.24) is 10.6 Å². The van der Waals surface area contributed by atoms with E-state index in [1.54, 1.807) is 18.2 Å². The Balaban J connectivity index is 2.56. The van der Waals surface area contributed by atoms with Crippen molar-refractivity contribution >= 4 is 17.5 Å². The molecule has 0 spiro atoms. The summed E-state index contributed by atoms with van der Waals surface area (Å²) in [6.07, 6.45) is 1.08. The van der Waals surface area contributed by atoms with E-state index in [2.05, 4.69) is 17.6 Å². The first-order valence-electron chi connectivity index (χ1n) is 6.02. The second kappa shape index (κ2) is 7.95. The highest BCUT2D eigenvalue weighted by atomic mass is 35.5. The number of hydrogen-bond donors (Lipinski definition) is 2. The first kappa shape index (κ1) is 14.8. The lowest BCUT2D eigenvalue weighted by Gasteiger charge is -2.11. The Morgan fingerprint density at radius 3 is 2.78 bits per heavy atom. The lowest BCUT2D eigenvalue weighted by atomic mass is 10.2. The molecule has 0 radical (unpaired) electrons. The number of amides is 1. The van der Waals surface area contributed by atoms with Crippen molar-refractivity contribution in [2.24, 2.45) is 0 Å². The van der Waals surface area contributed by atoms with Crippen molar-refractivity contribution in [2.75, 3.05) is 26.7 Å². The Morgan fingerprint density at radius 1 is 1.33 bits per heavy atom. The van der Waals surface area contributed by atoms with Gasteiger partial charge in [0.2, 0.25) is 0 Å². The molecule has 4 nitrogen and oxygen atoms in total. The normalized spacial score (nSPS) is 10.2. The number of carbonyl (C=O) groups excluding carboxylic acids is 1. The number of methoxy groups -OCH3 is 1. The van der Waals surface area contributed by atoms with Crippen LogP contribution in [-0.4, -0.2) is 32.7 Å². The van der Waals surface area contributed by atoms with Gasteiger partial charge in [-0.1, -0.05) is 24.6 Å². The number of hydrogen-bond acceptors (Lipinski definition) is 3. The van der Waals surface area contributed by atoms with Crippen LogP contribution in [0.3, 0.4) is 0 Å². The van der Waals surface area contributed by atoms with Gasteiger partial charge in [-0.2, -0.15) is 0 Å². The van der Waals surface area contributed by atoms with Gasteiger partial charge < -0.3 is 15.4 Å². The molecule has 0 bridgehead atoms. The number of carbonyl (C=O) groups is 1. The quantitative estimate of drug-likeness (QED) is 0.746. The Bertz CT molecular complexity index is 397. The average molecular weight is 271 g/mol. The van der Waals surface area contributed by atoms with Crippen LogP contribution in [0.15, 0.2) is 18.2 Å². The first-order valence-corrected chi connectivity index (χ1v) is 6.40. The molecule has 2 N–H and O–H groups in total. The molecule has 0 saturated carbocycles. The van der Waals surface area contributed by atoms with Crippen LogP contribution in [0.25, 0.3) is 0 Å². The third-order valence-electron chi connectivity index (χ3n) is 2.44. The predicted molar refractivity (Wildman–Crippen MR) is 73.5 cm³/mol. The van der Waals surface area contributed by atoms with Crippen LogP contribution in [0.1, 0.15) is 23.7 Å². The molecule has 0 saturated heterocycles. The summed E-state index contributed by atoms with van der Waals surface area (Å²) in [5, 5.41) is 6.41. The second-order valence-electron chi connectivity index (χ2n) is 3.82. The standard InChI is InChI=1S/C13H19ClN2O2/c1-3-7-15-8-9-16-13(17)12-10(14)5-4-6-11(12)18-2/h4-6,15H,3,7-9H2,1-2H3,(H,16,17). The summed E-state index contributed by atoms with van der Waals surface area (Å²) in [4.78, 5) is 12.0. The lowest BCUT2D eigenvalue weighted by Crippen LogP contribution is -2.32. The molecule has 0 aliphatic carbocycles. The Hall–Kier alpha value is -1.26. The molecule has 1 aromatic rings. The van der Waals surface area contributed by atoms with Crippen LogP contribution in [-0.2, 0) is 0 Å². The molecule has 0 aliphatic heterocycles. The highest BCUT2D eigenvalue weighted by Gasteiger charge is 2.15. The monoisotopic (exact) mass is 270 g/mol. The van der Waals surface area contributed by atoms with E-state index in [1.165, 1.54) is 7.11 Å². The number of halogens is 1. The SMILES string of the molecule is CCCNCCNC(=O)c1c(Cl)cccc1OC. The minimum absolute atomic E-state index is 0.212. The summed E-state index contributed by atoms with van der Waals surface area (Å²) in [6, 6.07) is 5.14. The molecule has 0 unspecified atom stereocenters. The van der Waals surface area contributed by atoms with Crippen molar-refractivity contribution in [3.8, 4) is 5.75 Å². The molecule has 0 aliphatic rings. The molecule has 0 aromatic heterocycles. The maximum atomic E-state index is 12.0. The van der Waals surface area contributed by atoms with Crippen molar-refractivity contribution in [3.63, 3.8) is 0 Å². The van der Waals surface area contributed by atoms with Gasteiger partial charge in [0.15, 0.2) is 0 Å². The van der Waals surface area contributed by atoms with Crippen LogP contribution in [0.5, 0.6) is 5.75 Å². The van der Waals surface area contributed by atoms with Crippen molar-refractivity contribution < 1.29 is 9.53 Å². The maximum absolute atomic E-state index is 12.0. The van der Waals surface area contributed by atoms with Crippen LogP contribution >= 0.6 is 11.6 Å². The minimum Gasteiger partial charge on any atom is -0.496 e. The zero-order valence-corrected chi connectivity index (χ0v) is 11.5. The van der Waals surface area contributed by atoms with Gasteiger partial charge >= 0.3 is 0 Å². The summed E-state index contributed by atoms with van der Waals surface area (Å²) in [5.74, 6) is 0.275. The zero-order chi connectivity index (χ0) is 13.4.